The van der Waals surface area contributed by atoms with E-state index in [2.05, 4.69) is 26.4 Å². The van der Waals surface area contributed by atoms with E-state index in [-0.39, 0.29) is 18.0 Å². The molecule has 0 saturated heterocycles. The molecular formula is C10H9BrN2O4S. The van der Waals surface area contributed by atoms with E-state index in [0.29, 0.717) is 6.54 Å². The number of nitrogens with zero attached hydrogens (tertiary/aromatic N) is 1. The van der Waals surface area contributed by atoms with Crippen molar-refractivity contribution in [2.75, 3.05) is 0 Å². The van der Waals surface area contributed by atoms with Crippen LogP contribution in [0.3, 0.4) is 0 Å². The van der Waals surface area contributed by atoms with Gasteiger partial charge in [0.05, 0.1) is 6.54 Å². The van der Waals surface area contributed by atoms with Gasteiger partial charge < -0.3 is 15.3 Å². The SMILES string of the molecule is O=C(O)C1=NOC(C(=O)NCc2sccc2Br)C1. The van der Waals surface area contributed by atoms with Crippen LogP contribution >= 0.6 is 27.3 Å². The van der Waals surface area contributed by atoms with E-state index in [1.165, 1.54) is 11.3 Å². The summed E-state index contributed by atoms with van der Waals surface area (Å²) in [6, 6.07) is 1.89. The number of carboxylic acid groups (broad SMARTS) is 1. The van der Waals surface area contributed by atoms with Crippen LogP contribution < -0.4 is 5.32 Å². The Bertz CT molecular complexity index is 514. The van der Waals surface area contributed by atoms with Crippen LogP contribution in [0.4, 0.5) is 0 Å². The molecule has 0 bridgehead atoms. The average Bonchev–Trinajstić information content (AvgIpc) is 2.94. The fourth-order valence-corrected chi connectivity index (χ4v) is 2.81. The molecule has 1 aliphatic rings. The Morgan fingerprint density at radius 2 is 2.44 bits per heavy atom. The van der Waals surface area contributed by atoms with Crippen LogP contribution in [0, 0.1) is 0 Å². The molecule has 6 nitrogen and oxygen atoms in total. The van der Waals surface area contributed by atoms with Crippen molar-refractivity contribution in [2.24, 2.45) is 5.16 Å². The molecule has 1 aliphatic heterocycles. The maximum absolute atomic E-state index is 11.7. The maximum Gasteiger partial charge on any atom is 0.353 e. The largest absolute Gasteiger partial charge is 0.477 e. The number of carboxylic acids is 1. The number of halogens is 1. The molecule has 8 heteroatoms. The predicted octanol–water partition coefficient (Wildman–Crippen LogP) is 1.36. The van der Waals surface area contributed by atoms with Crippen LogP contribution in [0.25, 0.3) is 0 Å². The van der Waals surface area contributed by atoms with Crippen LogP contribution in [-0.4, -0.2) is 28.8 Å². The van der Waals surface area contributed by atoms with E-state index in [9.17, 15) is 9.59 Å². The second-order valence-corrected chi connectivity index (χ2v) is 5.41. The highest BCUT2D eigenvalue weighted by molar-refractivity contribution is 9.10. The second-order valence-electron chi connectivity index (χ2n) is 3.55. The van der Waals surface area contributed by atoms with Gasteiger partial charge in [0.1, 0.15) is 0 Å². The van der Waals surface area contributed by atoms with Gasteiger partial charge in [0, 0.05) is 15.8 Å². The van der Waals surface area contributed by atoms with Crippen molar-refractivity contribution in [3.05, 3.63) is 20.8 Å². The number of hydrogen-bond acceptors (Lipinski definition) is 5. The second kappa shape index (κ2) is 5.49. The number of aliphatic carboxylic acids is 1. The van der Waals surface area contributed by atoms with Gasteiger partial charge in [-0.25, -0.2) is 4.79 Å². The lowest BCUT2D eigenvalue weighted by atomic mass is 10.2. The van der Waals surface area contributed by atoms with Gasteiger partial charge in [-0.15, -0.1) is 11.3 Å². The minimum absolute atomic E-state index is 0.00717. The van der Waals surface area contributed by atoms with Gasteiger partial charge >= 0.3 is 5.97 Å². The molecule has 0 spiro atoms. The molecule has 18 heavy (non-hydrogen) atoms. The first-order valence-electron chi connectivity index (χ1n) is 5.03. The molecule has 1 unspecified atom stereocenters. The number of rotatable bonds is 4. The van der Waals surface area contributed by atoms with Gasteiger partial charge in [0.15, 0.2) is 5.71 Å². The molecule has 1 atom stereocenters. The molecule has 0 fully saturated rings. The fourth-order valence-electron chi connectivity index (χ4n) is 1.38. The fraction of sp³-hybridized carbons (Fsp3) is 0.300. The van der Waals surface area contributed by atoms with Gasteiger partial charge in [-0.1, -0.05) is 5.16 Å². The summed E-state index contributed by atoms with van der Waals surface area (Å²) in [5.74, 6) is -1.53. The van der Waals surface area contributed by atoms with Crippen molar-refractivity contribution in [1.29, 1.82) is 0 Å². The Labute approximate surface area is 115 Å². The number of amides is 1. The number of nitrogens with one attached hydrogen (secondary N) is 1. The van der Waals surface area contributed by atoms with Gasteiger partial charge in [0.2, 0.25) is 6.10 Å². The zero-order valence-electron chi connectivity index (χ0n) is 9.05. The molecule has 96 valence electrons. The summed E-state index contributed by atoms with van der Waals surface area (Å²) in [5.41, 5.74) is -0.132. The van der Waals surface area contributed by atoms with Crippen molar-refractivity contribution in [3.63, 3.8) is 0 Å². The molecule has 0 aliphatic carbocycles. The summed E-state index contributed by atoms with van der Waals surface area (Å²) in [7, 11) is 0. The van der Waals surface area contributed by atoms with Crippen molar-refractivity contribution >= 4 is 44.9 Å². The zero-order valence-corrected chi connectivity index (χ0v) is 11.5. The van der Waals surface area contributed by atoms with Gasteiger partial charge in [0.25, 0.3) is 5.91 Å². The summed E-state index contributed by atoms with van der Waals surface area (Å²) in [4.78, 5) is 28.1. The average molecular weight is 333 g/mol. The van der Waals surface area contributed by atoms with E-state index in [1.54, 1.807) is 0 Å². The summed E-state index contributed by atoms with van der Waals surface area (Å²) in [5, 5.41) is 16.6. The van der Waals surface area contributed by atoms with Crippen molar-refractivity contribution in [3.8, 4) is 0 Å². The third-order valence-corrected chi connectivity index (χ3v) is 4.25. The van der Waals surface area contributed by atoms with Crippen molar-refractivity contribution in [2.45, 2.75) is 19.1 Å². The lowest BCUT2D eigenvalue weighted by Gasteiger charge is -2.08. The molecule has 2 heterocycles. The zero-order chi connectivity index (χ0) is 13.1. The van der Waals surface area contributed by atoms with Gasteiger partial charge in [-0.3, -0.25) is 4.79 Å². The van der Waals surface area contributed by atoms with Crippen LogP contribution in [0.15, 0.2) is 21.1 Å². The Hall–Kier alpha value is -1.41. The number of thiophene rings is 1. The normalized spacial score (nSPS) is 18.1. The van der Waals surface area contributed by atoms with E-state index in [4.69, 9.17) is 9.94 Å². The molecule has 1 amide bonds. The molecule has 0 saturated carbocycles. The third kappa shape index (κ3) is 2.88. The quantitative estimate of drug-likeness (QED) is 0.871. The lowest BCUT2D eigenvalue weighted by Crippen LogP contribution is -2.34. The van der Waals surface area contributed by atoms with Crippen LogP contribution in [-0.2, 0) is 21.0 Å². The monoisotopic (exact) mass is 332 g/mol. The highest BCUT2D eigenvalue weighted by atomic mass is 79.9. The van der Waals surface area contributed by atoms with Gasteiger partial charge in [-0.2, -0.15) is 0 Å². The molecule has 1 aromatic rings. The molecule has 2 rings (SSSR count). The van der Waals surface area contributed by atoms with Crippen molar-refractivity contribution in [1.82, 2.24) is 5.32 Å². The Kier molecular flexibility index (Phi) is 3.97. The number of oxime groups is 1. The number of hydrogen-bond donors (Lipinski definition) is 2. The Morgan fingerprint density at radius 3 is 3.00 bits per heavy atom. The highest BCUT2D eigenvalue weighted by Gasteiger charge is 2.31. The van der Waals surface area contributed by atoms with E-state index < -0.39 is 12.1 Å². The topological polar surface area (TPSA) is 88.0 Å². The smallest absolute Gasteiger partial charge is 0.353 e. The Balaban J connectivity index is 1.84. The summed E-state index contributed by atoms with van der Waals surface area (Å²) < 4.78 is 0.933. The standard InChI is InChI=1S/C10H9BrN2O4S/c11-5-1-2-18-8(5)4-12-9(14)7-3-6(10(15)16)13-17-7/h1-2,7H,3-4H2,(H,12,14)(H,15,16). The van der Waals surface area contributed by atoms with Crippen molar-refractivity contribution < 1.29 is 19.5 Å². The molecular weight excluding hydrogens is 324 g/mol. The number of carbonyl (C=O) groups is 2. The molecule has 2 N–H and O–H groups in total. The summed E-state index contributed by atoms with van der Waals surface area (Å²) in [6.07, 6.45) is -0.859. The molecule has 0 aromatic carbocycles. The molecule has 0 radical (unpaired) electrons. The van der Waals surface area contributed by atoms with Crippen LogP contribution in [0.1, 0.15) is 11.3 Å². The first kappa shape index (κ1) is 13.0. The van der Waals surface area contributed by atoms with E-state index >= 15 is 0 Å². The van der Waals surface area contributed by atoms with Crippen LogP contribution in [0.5, 0.6) is 0 Å². The minimum Gasteiger partial charge on any atom is -0.477 e. The molecule has 1 aromatic heterocycles. The summed E-state index contributed by atoms with van der Waals surface area (Å²) in [6.45, 7) is 0.374. The maximum atomic E-state index is 11.7. The highest BCUT2D eigenvalue weighted by Crippen LogP contribution is 2.22. The first-order valence-corrected chi connectivity index (χ1v) is 6.70. The van der Waals surface area contributed by atoms with E-state index in [1.807, 2.05) is 11.4 Å². The van der Waals surface area contributed by atoms with Gasteiger partial charge in [-0.05, 0) is 27.4 Å². The lowest BCUT2D eigenvalue weighted by molar-refractivity contribution is -0.131. The first-order chi connectivity index (χ1) is 8.58. The third-order valence-electron chi connectivity index (χ3n) is 2.32. The van der Waals surface area contributed by atoms with E-state index in [0.717, 1.165) is 9.35 Å². The number of carbonyl (C=O) groups excluding carboxylic acids is 1. The van der Waals surface area contributed by atoms with Crippen LogP contribution in [0.2, 0.25) is 0 Å². The minimum atomic E-state index is -1.16. The predicted molar refractivity (Wildman–Crippen MR) is 68.4 cm³/mol. The Morgan fingerprint density at radius 1 is 1.67 bits per heavy atom. The summed E-state index contributed by atoms with van der Waals surface area (Å²) >= 11 is 4.87.